The van der Waals surface area contributed by atoms with Gasteiger partial charge in [0.15, 0.2) is 0 Å². The van der Waals surface area contributed by atoms with Gasteiger partial charge in [-0.15, -0.1) is 0 Å². The minimum Gasteiger partial charge on any atom is -0.252 e. The Labute approximate surface area is 98.5 Å². The van der Waals surface area contributed by atoms with Crippen LogP contribution in [-0.4, -0.2) is 13.4 Å². The van der Waals surface area contributed by atoms with E-state index in [4.69, 9.17) is 10.7 Å². The second-order valence-corrected chi connectivity index (χ2v) is 6.21. The molecule has 1 aromatic carbocycles. The fraction of sp³-hybridized carbons (Fsp3) is 0.182. The van der Waals surface area contributed by atoms with Crippen molar-refractivity contribution in [3.63, 3.8) is 0 Å². The molecule has 0 aliphatic rings. The molecule has 0 aliphatic heterocycles. The summed E-state index contributed by atoms with van der Waals surface area (Å²) in [7, 11) is 1.62. The van der Waals surface area contributed by atoms with E-state index in [0.717, 1.165) is 16.6 Å². The number of hydrogen-bond donors (Lipinski definition) is 0. The zero-order valence-corrected chi connectivity index (χ0v) is 10.4. The van der Waals surface area contributed by atoms with Crippen molar-refractivity contribution < 1.29 is 8.42 Å². The van der Waals surface area contributed by atoms with Crippen LogP contribution in [0.3, 0.4) is 0 Å². The first-order valence-corrected chi connectivity index (χ1v) is 7.02. The Bertz CT molecular complexity index is 665. The van der Waals surface area contributed by atoms with Crippen molar-refractivity contribution in [2.45, 2.75) is 18.7 Å². The number of aryl methyl sites for hydroxylation is 2. The molecule has 5 heteroatoms. The van der Waals surface area contributed by atoms with Crippen molar-refractivity contribution in [3.8, 4) is 0 Å². The van der Waals surface area contributed by atoms with Crippen LogP contribution < -0.4 is 0 Å². The number of pyridine rings is 1. The summed E-state index contributed by atoms with van der Waals surface area (Å²) in [5.41, 5.74) is 2.21. The fourth-order valence-corrected chi connectivity index (χ4v) is 2.75. The zero-order valence-electron chi connectivity index (χ0n) is 8.86. The smallest absolute Gasteiger partial charge is 0.252 e. The number of nitrogens with zero attached hydrogens (tertiary/aromatic N) is 1. The third kappa shape index (κ3) is 1.90. The minimum absolute atomic E-state index is 0.0680. The van der Waals surface area contributed by atoms with Gasteiger partial charge in [0.1, 0.15) is 4.90 Å². The second kappa shape index (κ2) is 3.71. The molecule has 0 radical (unpaired) electrons. The van der Waals surface area contributed by atoms with Gasteiger partial charge in [-0.3, -0.25) is 4.98 Å². The molecule has 0 aliphatic carbocycles. The van der Waals surface area contributed by atoms with E-state index in [9.17, 15) is 8.42 Å². The molecule has 0 bridgehead atoms. The average Bonchev–Trinajstić information content (AvgIpc) is 2.15. The lowest BCUT2D eigenvalue weighted by molar-refractivity contribution is 0.610. The Morgan fingerprint density at radius 2 is 1.94 bits per heavy atom. The van der Waals surface area contributed by atoms with E-state index < -0.39 is 9.05 Å². The molecule has 0 atom stereocenters. The van der Waals surface area contributed by atoms with Gasteiger partial charge in [-0.05, 0) is 31.5 Å². The van der Waals surface area contributed by atoms with Gasteiger partial charge in [-0.25, -0.2) is 8.42 Å². The minimum atomic E-state index is -3.75. The van der Waals surface area contributed by atoms with Crippen LogP contribution in [0, 0.1) is 13.8 Å². The third-order valence-corrected chi connectivity index (χ3v) is 3.75. The van der Waals surface area contributed by atoms with Crippen molar-refractivity contribution in [1.29, 1.82) is 0 Å². The van der Waals surface area contributed by atoms with Crippen LogP contribution >= 0.6 is 10.7 Å². The molecule has 0 saturated heterocycles. The van der Waals surface area contributed by atoms with Crippen LogP contribution in [0.1, 0.15) is 11.3 Å². The van der Waals surface area contributed by atoms with E-state index in [1.54, 1.807) is 6.07 Å². The number of benzene rings is 1. The summed E-state index contributed by atoms with van der Waals surface area (Å²) in [6, 6.07) is 6.88. The van der Waals surface area contributed by atoms with Gasteiger partial charge >= 0.3 is 0 Å². The maximum atomic E-state index is 11.4. The monoisotopic (exact) mass is 255 g/mol. The van der Waals surface area contributed by atoms with Gasteiger partial charge in [0.05, 0.1) is 5.52 Å². The van der Waals surface area contributed by atoms with Crippen molar-refractivity contribution in [2.24, 2.45) is 0 Å². The number of aromatic nitrogens is 1. The van der Waals surface area contributed by atoms with Crippen LogP contribution in [0.2, 0.25) is 0 Å². The van der Waals surface area contributed by atoms with Gasteiger partial charge in [0.2, 0.25) is 0 Å². The van der Waals surface area contributed by atoms with Gasteiger partial charge < -0.3 is 0 Å². The fourth-order valence-electron chi connectivity index (χ4n) is 1.75. The molecule has 16 heavy (non-hydrogen) atoms. The van der Waals surface area contributed by atoms with Gasteiger partial charge in [-0.2, -0.15) is 0 Å². The molecule has 0 amide bonds. The lowest BCUT2D eigenvalue weighted by atomic mass is 10.1. The largest absolute Gasteiger partial charge is 0.263 e. The Hall–Kier alpha value is -1.13. The summed E-state index contributed by atoms with van der Waals surface area (Å²) in [5.74, 6) is 0. The van der Waals surface area contributed by atoms with Crippen LogP contribution in [0.15, 0.2) is 29.2 Å². The molecule has 0 fully saturated rings. The SMILES string of the molecule is Cc1cc(C)c2cccc(S(=O)(=O)Cl)c2n1. The topological polar surface area (TPSA) is 47.0 Å². The van der Waals surface area contributed by atoms with E-state index in [1.807, 2.05) is 26.0 Å². The number of halogens is 1. The third-order valence-electron chi connectivity index (χ3n) is 2.40. The summed E-state index contributed by atoms with van der Waals surface area (Å²) in [6.45, 7) is 3.74. The molecule has 0 saturated carbocycles. The van der Waals surface area contributed by atoms with E-state index in [1.165, 1.54) is 6.07 Å². The van der Waals surface area contributed by atoms with E-state index in [-0.39, 0.29) is 4.90 Å². The van der Waals surface area contributed by atoms with Gasteiger partial charge in [0.25, 0.3) is 9.05 Å². The van der Waals surface area contributed by atoms with E-state index in [2.05, 4.69) is 4.98 Å². The predicted molar refractivity (Wildman–Crippen MR) is 64.3 cm³/mol. The summed E-state index contributed by atoms with van der Waals surface area (Å²) >= 11 is 0. The lowest BCUT2D eigenvalue weighted by Crippen LogP contribution is -1.96. The van der Waals surface area contributed by atoms with E-state index in [0.29, 0.717) is 5.52 Å². The van der Waals surface area contributed by atoms with Crippen molar-refractivity contribution >= 4 is 30.6 Å². The maximum absolute atomic E-state index is 11.4. The highest BCUT2D eigenvalue weighted by Gasteiger charge is 2.15. The first-order chi connectivity index (χ1) is 7.39. The van der Waals surface area contributed by atoms with E-state index >= 15 is 0 Å². The molecule has 0 unspecified atom stereocenters. The zero-order chi connectivity index (χ0) is 11.9. The summed E-state index contributed by atoms with van der Waals surface area (Å²) in [6.07, 6.45) is 0. The molecular formula is C11H10ClNO2S. The lowest BCUT2D eigenvalue weighted by Gasteiger charge is -2.06. The first-order valence-electron chi connectivity index (χ1n) is 4.71. The first kappa shape index (κ1) is 11.4. The highest BCUT2D eigenvalue weighted by Crippen LogP contribution is 2.26. The molecular weight excluding hydrogens is 246 g/mol. The molecule has 0 spiro atoms. The van der Waals surface area contributed by atoms with Crippen molar-refractivity contribution in [1.82, 2.24) is 4.98 Å². The highest BCUT2D eigenvalue weighted by molar-refractivity contribution is 8.14. The van der Waals surface area contributed by atoms with Crippen molar-refractivity contribution in [2.75, 3.05) is 0 Å². The molecule has 1 heterocycles. The summed E-state index contributed by atoms with van der Waals surface area (Å²) < 4.78 is 22.8. The number of hydrogen-bond acceptors (Lipinski definition) is 3. The number of rotatable bonds is 1. The normalized spacial score (nSPS) is 11.9. The van der Waals surface area contributed by atoms with Crippen LogP contribution in [-0.2, 0) is 9.05 Å². The Morgan fingerprint density at radius 1 is 1.25 bits per heavy atom. The summed E-state index contributed by atoms with van der Waals surface area (Å²) in [4.78, 5) is 4.31. The predicted octanol–water partition coefficient (Wildman–Crippen LogP) is 2.78. The molecule has 3 nitrogen and oxygen atoms in total. The van der Waals surface area contributed by atoms with Gasteiger partial charge in [-0.1, -0.05) is 12.1 Å². The standard InChI is InChI=1S/C11H10ClNO2S/c1-7-6-8(2)13-11-9(7)4-3-5-10(11)16(12,14)15/h3-6H,1-2H3. The molecule has 2 aromatic rings. The van der Waals surface area contributed by atoms with Crippen LogP contribution in [0.5, 0.6) is 0 Å². The molecule has 0 N–H and O–H groups in total. The second-order valence-electron chi connectivity index (χ2n) is 3.67. The summed E-state index contributed by atoms with van der Waals surface area (Å²) in [5, 5.41) is 0.812. The number of fused-ring (bicyclic) bond motifs is 1. The Morgan fingerprint density at radius 3 is 2.56 bits per heavy atom. The Kier molecular flexibility index (Phi) is 2.64. The maximum Gasteiger partial charge on any atom is 0.263 e. The van der Waals surface area contributed by atoms with Crippen molar-refractivity contribution in [3.05, 3.63) is 35.5 Å². The molecule has 2 rings (SSSR count). The highest BCUT2D eigenvalue weighted by atomic mass is 35.7. The quantitative estimate of drug-likeness (QED) is 0.736. The molecule has 84 valence electrons. The van der Waals surface area contributed by atoms with Crippen LogP contribution in [0.25, 0.3) is 10.9 Å². The van der Waals surface area contributed by atoms with Crippen LogP contribution in [0.4, 0.5) is 0 Å². The average molecular weight is 256 g/mol. The Balaban J connectivity index is 2.98. The number of para-hydroxylation sites is 1. The molecule has 1 aromatic heterocycles. The van der Waals surface area contributed by atoms with Gasteiger partial charge in [0, 0.05) is 21.8 Å².